The van der Waals surface area contributed by atoms with Gasteiger partial charge in [-0.1, -0.05) is 13.8 Å². The Balaban J connectivity index is 4.33. The topological polar surface area (TPSA) is 70.7 Å². The molecule has 0 bridgehead atoms. The molecule has 0 saturated carbocycles. The maximum Gasteiger partial charge on any atom is 0.407 e. The van der Waals surface area contributed by atoms with E-state index in [0.717, 1.165) is 0 Å². The van der Waals surface area contributed by atoms with Gasteiger partial charge in [0.25, 0.3) is 0 Å². The van der Waals surface area contributed by atoms with Crippen LogP contribution >= 0.6 is 0 Å². The average Bonchev–Trinajstić information content (AvgIpc) is 2.34. The molecule has 0 heterocycles. The van der Waals surface area contributed by atoms with E-state index in [4.69, 9.17) is 4.74 Å². The molecule has 130 valence electrons. The van der Waals surface area contributed by atoms with Crippen LogP contribution in [0.5, 0.6) is 0 Å². The molecule has 2 amide bonds. The third-order valence-corrected chi connectivity index (χ3v) is 3.35. The summed E-state index contributed by atoms with van der Waals surface area (Å²) in [5.74, 6) is 0.650. The van der Waals surface area contributed by atoms with E-state index >= 15 is 0 Å². The van der Waals surface area contributed by atoms with Crippen molar-refractivity contribution < 1.29 is 14.3 Å². The first-order valence-corrected chi connectivity index (χ1v) is 7.85. The van der Waals surface area contributed by atoms with E-state index in [1.807, 2.05) is 27.7 Å². The number of rotatable bonds is 7. The van der Waals surface area contributed by atoms with E-state index in [1.165, 1.54) is 0 Å². The van der Waals surface area contributed by atoms with Gasteiger partial charge in [-0.15, -0.1) is 0 Å². The highest BCUT2D eigenvalue weighted by Gasteiger charge is 2.21. The van der Waals surface area contributed by atoms with Gasteiger partial charge >= 0.3 is 6.09 Å². The van der Waals surface area contributed by atoms with Crippen molar-refractivity contribution in [3.05, 3.63) is 0 Å². The molecule has 2 atom stereocenters. The highest BCUT2D eigenvalue weighted by Crippen LogP contribution is 2.10. The fourth-order valence-corrected chi connectivity index (χ4v) is 1.87. The molecule has 0 rings (SSSR count). The van der Waals surface area contributed by atoms with Gasteiger partial charge in [-0.2, -0.15) is 0 Å². The van der Waals surface area contributed by atoms with E-state index in [1.54, 1.807) is 19.0 Å². The summed E-state index contributed by atoms with van der Waals surface area (Å²) in [6.07, 6.45) is -0.407. The third-order valence-electron chi connectivity index (χ3n) is 3.35. The number of hydrogen-bond donors (Lipinski definition) is 2. The molecule has 0 aromatic rings. The Labute approximate surface area is 135 Å². The molecule has 0 aliphatic rings. The first kappa shape index (κ1) is 20.7. The van der Waals surface area contributed by atoms with Gasteiger partial charge in [0.05, 0.1) is 6.04 Å². The van der Waals surface area contributed by atoms with Gasteiger partial charge in [0, 0.05) is 27.2 Å². The predicted molar refractivity (Wildman–Crippen MR) is 88.7 cm³/mol. The molecule has 0 spiro atoms. The minimum absolute atomic E-state index is 0.0441. The van der Waals surface area contributed by atoms with Crippen molar-refractivity contribution in [2.45, 2.75) is 53.2 Å². The zero-order chi connectivity index (χ0) is 17.5. The van der Waals surface area contributed by atoms with Crippen LogP contribution in [-0.4, -0.2) is 55.7 Å². The molecule has 6 nitrogen and oxygen atoms in total. The lowest BCUT2D eigenvalue weighted by molar-refractivity contribution is -0.130. The highest BCUT2D eigenvalue weighted by molar-refractivity contribution is 5.80. The Kier molecular flexibility index (Phi) is 8.45. The van der Waals surface area contributed by atoms with Crippen LogP contribution in [0, 0.1) is 11.8 Å². The van der Waals surface area contributed by atoms with Crippen molar-refractivity contribution in [3.63, 3.8) is 0 Å². The average molecular weight is 315 g/mol. The Bertz CT molecular complexity index is 362. The van der Waals surface area contributed by atoms with Gasteiger partial charge in [0.1, 0.15) is 5.60 Å². The number of likely N-dealkylation sites (N-methyl/N-ethyl adjacent to an activating group) is 1. The smallest absolute Gasteiger partial charge is 0.407 e. The Morgan fingerprint density at radius 2 is 1.64 bits per heavy atom. The maximum absolute atomic E-state index is 11.8. The summed E-state index contributed by atoms with van der Waals surface area (Å²) in [6.45, 7) is 12.7. The maximum atomic E-state index is 11.8. The zero-order valence-electron chi connectivity index (χ0n) is 15.3. The number of amides is 2. The van der Waals surface area contributed by atoms with Crippen LogP contribution < -0.4 is 10.6 Å². The number of nitrogens with zero attached hydrogens (tertiary/aromatic N) is 1. The molecular weight excluding hydrogens is 282 g/mol. The Morgan fingerprint density at radius 1 is 1.09 bits per heavy atom. The summed E-state index contributed by atoms with van der Waals surface area (Å²) in [5.41, 5.74) is -0.498. The van der Waals surface area contributed by atoms with Crippen LogP contribution in [0.15, 0.2) is 0 Å². The minimum Gasteiger partial charge on any atom is -0.444 e. The van der Waals surface area contributed by atoms with Crippen molar-refractivity contribution in [2.24, 2.45) is 11.8 Å². The second-order valence-electron chi connectivity index (χ2n) is 7.25. The zero-order valence-corrected chi connectivity index (χ0v) is 15.3. The van der Waals surface area contributed by atoms with Gasteiger partial charge < -0.3 is 20.3 Å². The van der Waals surface area contributed by atoms with Crippen LogP contribution in [0.1, 0.15) is 41.5 Å². The lowest BCUT2D eigenvalue weighted by atomic mass is 9.95. The second kappa shape index (κ2) is 8.98. The van der Waals surface area contributed by atoms with E-state index in [0.29, 0.717) is 19.0 Å². The van der Waals surface area contributed by atoms with Crippen molar-refractivity contribution in [2.75, 3.05) is 27.2 Å². The summed E-state index contributed by atoms with van der Waals surface area (Å²) in [5, 5.41) is 6.03. The number of alkyl carbamates (subject to hydrolysis) is 1. The Hall–Kier alpha value is -1.30. The Morgan fingerprint density at radius 3 is 2.05 bits per heavy atom. The summed E-state index contributed by atoms with van der Waals surface area (Å²) in [4.78, 5) is 25.1. The van der Waals surface area contributed by atoms with E-state index < -0.39 is 11.7 Å². The normalized spacial score (nSPS) is 14.4. The largest absolute Gasteiger partial charge is 0.444 e. The molecule has 2 unspecified atom stereocenters. The number of carbonyl (C=O) groups excluding carboxylic acids is 2. The first-order valence-electron chi connectivity index (χ1n) is 7.85. The van der Waals surface area contributed by atoms with Crippen LogP contribution in [-0.2, 0) is 9.53 Å². The molecule has 0 aromatic carbocycles. The van der Waals surface area contributed by atoms with Gasteiger partial charge in [0.2, 0.25) is 5.91 Å². The monoisotopic (exact) mass is 315 g/mol. The predicted octanol–water partition coefficient (Wildman–Crippen LogP) is 1.85. The van der Waals surface area contributed by atoms with Crippen molar-refractivity contribution >= 4 is 12.0 Å². The fourth-order valence-electron chi connectivity index (χ4n) is 1.87. The number of ether oxygens (including phenoxy) is 1. The number of carbonyl (C=O) groups is 2. The fraction of sp³-hybridized carbons (Fsp3) is 0.875. The lowest BCUT2D eigenvalue weighted by Crippen LogP contribution is -2.46. The van der Waals surface area contributed by atoms with Crippen molar-refractivity contribution in [1.29, 1.82) is 0 Å². The van der Waals surface area contributed by atoms with Crippen LogP contribution in [0.3, 0.4) is 0 Å². The van der Waals surface area contributed by atoms with Gasteiger partial charge in [-0.05, 0) is 39.5 Å². The molecule has 0 fully saturated rings. The van der Waals surface area contributed by atoms with E-state index in [-0.39, 0.29) is 17.9 Å². The highest BCUT2D eigenvalue weighted by atomic mass is 16.6. The van der Waals surface area contributed by atoms with Crippen LogP contribution in [0.2, 0.25) is 0 Å². The number of hydrogen-bond acceptors (Lipinski definition) is 4. The van der Waals surface area contributed by atoms with Gasteiger partial charge in [0.15, 0.2) is 0 Å². The molecule has 0 aromatic heterocycles. The molecular formula is C16H33N3O3. The third kappa shape index (κ3) is 8.87. The molecule has 22 heavy (non-hydrogen) atoms. The summed E-state index contributed by atoms with van der Waals surface area (Å²) in [6, 6.07) is -0.238. The quantitative estimate of drug-likeness (QED) is 0.752. The second-order valence-corrected chi connectivity index (χ2v) is 7.25. The molecule has 6 heteroatoms. The first-order chi connectivity index (χ1) is 9.94. The van der Waals surface area contributed by atoms with E-state index in [9.17, 15) is 9.59 Å². The molecule has 0 aliphatic heterocycles. The standard InChI is InChI=1S/C16H33N3O3/c1-11(2)13(9-17-12(3)14(20)19(7)8)10-18-15(21)22-16(4,5)6/h11-13,17H,9-10H2,1-8H3,(H,18,21). The summed E-state index contributed by atoms with van der Waals surface area (Å²) in [7, 11) is 3.48. The molecule has 0 saturated heterocycles. The van der Waals surface area contributed by atoms with E-state index in [2.05, 4.69) is 24.5 Å². The summed E-state index contributed by atoms with van der Waals surface area (Å²) < 4.78 is 5.23. The van der Waals surface area contributed by atoms with Crippen LogP contribution in [0.4, 0.5) is 4.79 Å². The van der Waals surface area contributed by atoms with Crippen molar-refractivity contribution in [3.8, 4) is 0 Å². The molecule has 0 radical (unpaired) electrons. The van der Waals surface area contributed by atoms with Gasteiger partial charge in [-0.25, -0.2) is 4.79 Å². The molecule has 0 aliphatic carbocycles. The van der Waals surface area contributed by atoms with Crippen LogP contribution in [0.25, 0.3) is 0 Å². The lowest BCUT2D eigenvalue weighted by Gasteiger charge is -2.26. The van der Waals surface area contributed by atoms with Gasteiger partial charge in [-0.3, -0.25) is 4.79 Å². The number of nitrogens with one attached hydrogen (secondary N) is 2. The minimum atomic E-state index is -0.498. The van der Waals surface area contributed by atoms with Crippen molar-refractivity contribution in [1.82, 2.24) is 15.5 Å². The molecule has 2 N–H and O–H groups in total. The SMILES string of the molecule is CC(NCC(CNC(=O)OC(C)(C)C)C(C)C)C(=O)N(C)C. The summed E-state index contributed by atoms with van der Waals surface area (Å²) >= 11 is 0.